The minimum atomic E-state index is 0.0456. The molecule has 0 aromatic heterocycles. The molecule has 1 aromatic carbocycles. The van der Waals surface area contributed by atoms with E-state index in [-0.39, 0.29) is 5.43 Å². The number of hydrogen-bond acceptors (Lipinski definition) is 5. The molecule has 0 saturated carbocycles. The van der Waals surface area contributed by atoms with Gasteiger partial charge in [-0.1, -0.05) is 110 Å². The molecule has 4 nitrogen and oxygen atoms in total. The number of nitrogens with one attached hydrogen (secondary N) is 1. The second-order valence-electron chi connectivity index (χ2n) is 10.2. The van der Waals surface area contributed by atoms with Crippen LogP contribution in [-0.2, 0) is 0 Å². The van der Waals surface area contributed by atoms with Gasteiger partial charge in [0.2, 0.25) is 5.43 Å². The van der Waals surface area contributed by atoms with Crippen molar-refractivity contribution in [3.05, 3.63) is 14.7 Å². The van der Waals surface area contributed by atoms with E-state index in [1.165, 1.54) is 103 Å². The predicted molar refractivity (Wildman–Crippen MR) is 155 cm³/mol. The van der Waals surface area contributed by atoms with Gasteiger partial charge in [-0.2, -0.15) is 0 Å². The Labute approximate surface area is 216 Å². The van der Waals surface area contributed by atoms with Crippen molar-refractivity contribution >= 4 is 23.6 Å². The zero-order chi connectivity index (χ0) is 25.0. The first kappa shape index (κ1) is 31.1. The van der Waals surface area contributed by atoms with Crippen molar-refractivity contribution < 1.29 is 0 Å². The summed E-state index contributed by atoms with van der Waals surface area (Å²) in [5, 5.41) is 3.51. The minimum Gasteiger partial charge on any atom is -0.382 e. The maximum absolute atomic E-state index is 12.3. The van der Waals surface area contributed by atoms with E-state index < -0.39 is 0 Å². The third-order valence-electron chi connectivity index (χ3n) is 6.97. The summed E-state index contributed by atoms with van der Waals surface area (Å²) < 4.78 is 0.494. The lowest BCUT2D eigenvalue weighted by Gasteiger charge is -2.25. The third-order valence-corrected chi connectivity index (χ3v) is 7.36. The van der Waals surface area contributed by atoms with Gasteiger partial charge in [-0.15, -0.1) is 0 Å². The number of rotatable bonds is 24. The fourth-order valence-corrected chi connectivity index (χ4v) is 4.97. The largest absolute Gasteiger partial charge is 0.382 e. The molecule has 0 unspecified atom stereocenters. The Morgan fingerprint density at radius 2 is 1.09 bits per heavy atom. The molecule has 1 rings (SSSR count). The highest BCUT2D eigenvalue weighted by Crippen LogP contribution is 2.26. The third kappa shape index (κ3) is 12.7. The summed E-state index contributed by atoms with van der Waals surface area (Å²) in [7, 11) is 2.02. The van der Waals surface area contributed by atoms with E-state index in [0.717, 1.165) is 43.9 Å². The van der Waals surface area contributed by atoms with Crippen molar-refractivity contribution in [2.45, 2.75) is 124 Å². The van der Waals surface area contributed by atoms with Crippen LogP contribution in [0.25, 0.3) is 0 Å². The molecule has 1 aromatic rings. The maximum atomic E-state index is 12.3. The van der Waals surface area contributed by atoms with E-state index in [2.05, 4.69) is 35.9 Å². The number of nitrogens with zero attached hydrogens (tertiary/aromatic N) is 2. The van der Waals surface area contributed by atoms with Crippen LogP contribution in [0, 0.1) is 4.51 Å². The van der Waals surface area contributed by atoms with Gasteiger partial charge in [-0.25, -0.2) is 0 Å². The summed E-state index contributed by atoms with van der Waals surface area (Å²) in [6, 6.07) is 0. The van der Waals surface area contributed by atoms with Gasteiger partial charge in [0.15, 0.2) is 0 Å². The Bertz CT molecular complexity index is 667. The van der Waals surface area contributed by atoms with Gasteiger partial charge in [0, 0.05) is 20.1 Å². The monoisotopic (exact) mass is 493 g/mol. The molecule has 34 heavy (non-hydrogen) atoms. The zero-order valence-corrected chi connectivity index (χ0v) is 23.9. The molecule has 0 atom stereocenters. The number of hydrogen-bond donors (Lipinski definition) is 1. The van der Waals surface area contributed by atoms with E-state index >= 15 is 0 Å². The van der Waals surface area contributed by atoms with E-state index in [1.54, 1.807) is 0 Å². The smallest absolute Gasteiger partial charge is 0.224 e. The predicted octanol–water partition coefficient (Wildman–Crippen LogP) is 8.10. The van der Waals surface area contributed by atoms with Gasteiger partial charge in [0.25, 0.3) is 0 Å². The molecule has 1 N–H and O–H groups in total. The molecule has 0 saturated heterocycles. The summed E-state index contributed by atoms with van der Waals surface area (Å²) in [5.74, 6) is 0. The van der Waals surface area contributed by atoms with E-state index in [9.17, 15) is 4.79 Å². The Balaban J connectivity index is 2.42. The van der Waals surface area contributed by atoms with Gasteiger partial charge in [-0.3, -0.25) is 4.79 Å². The van der Waals surface area contributed by atoms with Crippen molar-refractivity contribution in [3.63, 3.8) is 0 Å². The summed E-state index contributed by atoms with van der Waals surface area (Å²) in [6.07, 6.45) is 20.9. The lowest BCUT2D eigenvalue weighted by molar-refractivity contribution is 0.259. The van der Waals surface area contributed by atoms with Gasteiger partial charge in [0.1, 0.15) is 10.2 Å². The molecule has 0 aliphatic heterocycles. The zero-order valence-electron chi connectivity index (χ0n) is 23.1. The molecular formula is C29H55N3OS. The van der Waals surface area contributed by atoms with Crippen LogP contribution >= 0.6 is 12.2 Å². The normalized spacial score (nSPS) is 11.6. The second kappa shape index (κ2) is 20.3. The fraction of sp³-hybridized carbons (Fsp3) is 0.862. The molecule has 0 bridgehead atoms. The van der Waals surface area contributed by atoms with E-state index in [4.69, 9.17) is 12.2 Å². The van der Waals surface area contributed by atoms with Crippen molar-refractivity contribution in [3.8, 4) is 0 Å². The first-order valence-electron chi connectivity index (χ1n) is 14.6. The lowest BCUT2D eigenvalue weighted by atomic mass is 10.1. The van der Waals surface area contributed by atoms with Crippen LogP contribution < -0.4 is 15.6 Å². The topological polar surface area (TPSA) is 35.6 Å². The Hall–Kier alpha value is -0.940. The Morgan fingerprint density at radius 1 is 0.647 bits per heavy atom. The maximum Gasteiger partial charge on any atom is 0.224 e. The van der Waals surface area contributed by atoms with Crippen molar-refractivity contribution in [1.29, 1.82) is 0 Å². The summed E-state index contributed by atoms with van der Waals surface area (Å²) in [5.41, 5.74) is 1.76. The SMILES string of the molecule is CCCCCCCCN(CCCCCCCC)CCCNc1c(N(C)CCCCC)c(=O)c1=S. The highest BCUT2D eigenvalue weighted by molar-refractivity contribution is 7.71. The van der Waals surface area contributed by atoms with E-state index in [0.29, 0.717) is 4.51 Å². The standard InChI is InChI=1S/C29H55N3OS/c1-5-8-11-13-15-18-23-32(24-19-16-14-12-9-6-2)25-20-21-30-26-27(28(33)29(26)34)31(4)22-17-10-7-3/h30H,5-25H2,1-4H3. The van der Waals surface area contributed by atoms with Gasteiger partial charge >= 0.3 is 0 Å². The van der Waals surface area contributed by atoms with Crippen LogP contribution in [0.1, 0.15) is 124 Å². The average molecular weight is 494 g/mol. The number of unbranched alkanes of at least 4 members (excludes halogenated alkanes) is 12. The highest BCUT2D eigenvalue weighted by atomic mass is 32.1. The van der Waals surface area contributed by atoms with Crippen molar-refractivity contribution in [1.82, 2.24) is 4.90 Å². The van der Waals surface area contributed by atoms with Crippen LogP contribution in [0.4, 0.5) is 11.4 Å². The highest BCUT2D eigenvalue weighted by Gasteiger charge is 2.20. The molecule has 0 amide bonds. The van der Waals surface area contributed by atoms with E-state index in [1.807, 2.05) is 7.05 Å². The van der Waals surface area contributed by atoms with Crippen LogP contribution in [0.15, 0.2) is 4.79 Å². The Morgan fingerprint density at radius 3 is 1.65 bits per heavy atom. The minimum absolute atomic E-state index is 0.0456. The molecule has 0 fully saturated rings. The quantitative estimate of drug-likeness (QED) is 0.116. The van der Waals surface area contributed by atoms with Gasteiger partial charge in [0.05, 0.1) is 5.69 Å². The molecule has 0 aliphatic carbocycles. The summed E-state index contributed by atoms with van der Waals surface area (Å²) in [6.45, 7) is 12.2. The number of anilines is 2. The first-order chi connectivity index (χ1) is 16.6. The Kier molecular flexibility index (Phi) is 18.5. The van der Waals surface area contributed by atoms with Gasteiger partial charge in [-0.05, 0) is 45.3 Å². The lowest BCUT2D eigenvalue weighted by Crippen LogP contribution is -2.31. The van der Waals surface area contributed by atoms with Gasteiger partial charge < -0.3 is 15.1 Å². The van der Waals surface area contributed by atoms with Crippen molar-refractivity contribution in [2.75, 3.05) is 50.0 Å². The molecule has 5 heteroatoms. The molecular weight excluding hydrogens is 438 g/mol. The first-order valence-corrected chi connectivity index (χ1v) is 15.0. The summed E-state index contributed by atoms with van der Waals surface area (Å²) >= 11 is 5.36. The van der Waals surface area contributed by atoms with Crippen molar-refractivity contribution in [2.24, 2.45) is 0 Å². The van der Waals surface area contributed by atoms with Crippen LogP contribution in [0.5, 0.6) is 0 Å². The molecule has 0 radical (unpaired) electrons. The van der Waals surface area contributed by atoms with Crippen LogP contribution in [0.2, 0.25) is 0 Å². The van der Waals surface area contributed by atoms with Crippen LogP contribution in [0.3, 0.4) is 0 Å². The molecule has 0 spiro atoms. The molecule has 0 heterocycles. The second-order valence-corrected chi connectivity index (χ2v) is 10.6. The molecule has 198 valence electrons. The van der Waals surface area contributed by atoms with Crippen LogP contribution in [-0.4, -0.2) is 44.7 Å². The fourth-order valence-electron chi connectivity index (χ4n) is 4.70. The molecule has 0 aliphatic rings. The summed E-state index contributed by atoms with van der Waals surface area (Å²) in [4.78, 5) is 17.1. The average Bonchev–Trinajstić information content (AvgIpc) is 2.84.